The van der Waals surface area contributed by atoms with E-state index in [1.807, 2.05) is 17.6 Å². The van der Waals surface area contributed by atoms with E-state index in [2.05, 4.69) is 23.7 Å². The molecule has 2 rings (SSSR count). The van der Waals surface area contributed by atoms with E-state index in [9.17, 15) is 4.39 Å². The molecule has 1 heterocycles. The van der Waals surface area contributed by atoms with E-state index in [1.165, 1.54) is 6.07 Å². The highest BCUT2D eigenvalue weighted by atomic mass is 35.5. The molecule has 0 bridgehead atoms. The van der Waals surface area contributed by atoms with Gasteiger partial charge in [0.05, 0.1) is 10.9 Å². The summed E-state index contributed by atoms with van der Waals surface area (Å²) in [5.74, 6) is 0.446. The van der Waals surface area contributed by atoms with Crippen LogP contribution in [0.2, 0.25) is 0 Å². The van der Waals surface area contributed by atoms with Gasteiger partial charge in [-0.3, -0.25) is 0 Å². The van der Waals surface area contributed by atoms with Gasteiger partial charge in [-0.2, -0.15) is 0 Å². The smallest absolute Gasteiger partial charge is 0.151 e. The van der Waals surface area contributed by atoms with Gasteiger partial charge in [0.25, 0.3) is 0 Å². The van der Waals surface area contributed by atoms with Gasteiger partial charge in [0.1, 0.15) is 11.3 Å². The number of halogens is 2. The Balaban J connectivity index is 2.39. The average molecular weight is 298 g/mol. The molecule has 1 aromatic carbocycles. The van der Waals surface area contributed by atoms with E-state index in [-0.39, 0.29) is 11.2 Å². The van der Waals surface area contributed by atoms with Gasteiger partial charge in [0, 0.05) is 13.1 Å². The van der Waals surface area contributed by atoms with Crippen molar-refractivity contribution in [1.29, 1.82) is 0 Å². The molecule has 0 amide bonds. The third-order valence-electron chi connectivity index (χ3n) is 3.65. The van der Waals surface area contributed by atoms with Crippen molar-refractivity contribution in [3.63, 3.8) is 0 Å². The lowest BCUT2D eigenvalue weighted by Crippen LogP contribution is -2.27. The maximum Gasteiger partial charge on any atom is 0.151 e. The van der Waals surface area contributed by atoms with Crippen LogP contribution in [-0.4, -0.2) is 34.1 Å². The molecule has 0 aliphatic carbocycles. The van der Waals surface area contributed by atoms with Crippen molar-refractivity contribution < 1.29 is 4.39 Å². The summed E-state index contributed by atoms with van der Waals surface area (Å²) in [7, 11) is 0. The van der Waals surface area contributed by atoms with Crippen molar-refractivity contribution in [1.82, 2.24) is 14.5 Å². The minimum atomic E-state index is -0.289. The number of imidazole rings is 1. The van der Waals surface area contributed by atoms with Crippen molar-refractivity contribution in [2.75, 3.05) is 19.6 Å². The number of para-hydroxylation sites is 1. The molecule has 20 heavy (non-hydrogen) atoms. The number of alkyl halides is 1. The summed E-state index contributed by atoms with van der Waals surface area (Å²) in [5.41, 5.74) is 1.23. The van der Waals surface area contributed by atoms with Gasteiger partial charge in [-0.25, -0.2) is 9.37 Å². The summed E-state index contributed by atoms with van der Waals surface area (Å²) in [4.78, 5) is 6.71. The molecule has 1 unspecified atom stereocenters. The summed E-state index contributed by atoms with van der Waals surface area (Å²) >= 11 is 6.20. The Kier molecular flexibility index (Phi) is 5.00. The third kappa shape index (κ3) is 2.96. The second-order valence-corrected chi connectivity index (χ2v) is 5.53. The normalized spacial score (nSPS) is 13.3. The first-order chi connectivity index (χ1) is 9.58. The van der Waals surface area contributed by atoms with Crippen LogP contribution < -0.4 is 0 Å². The molecule has 1 aromatic heterocycles. The summed E-state index contributed by atoms with van der Waals surface area (Å²) < 4.78 is 15.9. The van der Waals surface area contributed by atoms with Crippen molar-refractivity contribution in [2.24, 2.45) is 0 Å². The van der Waals surface area contributed by atoms with Crippen LogP contribution in [0.25, 0.3) is 11.0 Å². The maximum atomic E-state index is 13.8. The molecular formula is C15H21ClFN3. The van der Waals surface area contributed by atoms with Crippen molar-refractivity contribution in [3.8, 4) is 0 Å². The van der Waals surface area contributed by atoms with Crippen LogP contribution in [0.1, 0.15) is 32.0 Å². The van der Waals surface area contributed by atoms with Crippen LogP contribution in [0, 0.1) is 5.82 Å². The standard InChI is InChI=1S/C15H21ClFN3/c1-4-19(5-2)9-10-20-13-8-6-7-12(17)14(13)18-15(20)11(3)16/h6-8,11H,4-5,9-10H2,1-3H3. The van der Waals surface area contributed by atoms with Crippen LogP contribution in [0.5, 0.6) is 0 Å². The van der Waals surface area contributed by atoms with E-state index in [1.54, 1.807) is 6.07 Å². The molecule has 0 N–H and O–H groups in total. The fourth-order valence-corrected chi connectivity index (χ4v) is 2.62. The highest BCUT2D eigenvalue weighted by molar-refractivity contribution is 6.20. The lowest BCUT2D eigenvalue weighted by Gasteiger charge is -2.19. The molecule has 0 aliphatic heterocycles. The number of benzene rings is 1. The van der Waals surface area contributed by atoms with Crippen LogP contribution in [0.15, 0.2) is 18.2 Å². The molecular weight excluding hydrogens is 277 g/mol. The zero-order valence-corrected chi connectivity index (χ0v) is 13.0. The van der Waals surface area contributed by atoms with E-state index in [0.717, 1.165) is 37.5 Å². The van der Waals surface area contributed by atoms with E-state index >= 15 is 0 Å². The number of likely N-dealkylation sites (N-methyl/N-ethyl adjacent to an activating group) is 1. The lowest BCUT2D eigenvalue weighted by atomic mass is 10.3. The molecule has 0 aliphatic rings. The molecule has 3 nitrogen and oxygen atoms in total. The first-order valence-electron chi connectivity index (χ1n) is 7.09. The monoisotopic (exact) mass is 297 g/mol. The lowest BCUT2D eigenvalue weighted by molar-refractivity contribution is 0.290. The zero-order chi connectivity index (χ0) is 14.7. The van der Waals surface area contributed by atoms with Crippen LogP contribution >= 0.6 is 11.6 Å². The fraction of sp³-hybridized carbons (Fsp3) is 0.533. The van der Waals surface area contributed by atoms with Crippen molar-refractivity contribution in [2.45, 2.75) is 32.7 Å². The van der Waals surface area contributed by atoms with Gasteiger partial charge in [-0.05, 0) is 32.1 Å². The average Bonchev–Trinajstić information content (AvgIpc) is 2.80. The Morgan fingerprint density at radius 2 is 2.05 bits per heavy atom. The summed E-state index contributed by atoms with van der Waals surface area (Å²) in [6.45, 7) is 9.83. The van der Waals surface area contributed by atoms with Gasteiger partial charge in [0.2, 0.25) is 0 Å². The second-order valence-electron chi connectivity index (χ2n) is 4.87. The van der Waals surface area contributed by atoms with E-state index in [0.29, 0.717) is 5.52 Å². The number of nitrogens with zero attached hydrogens (tertiary/aromatic N) is 3. The third-order valence-corrected chi connectivity index (χ3v) is 3.84. The number of rotatable bonds is 6. The first kappa shape index (κ1) is 15.3. The van der Waals surface area contributed by atoms with E-state index < -0.39 is 0 Å². The molecule has 1 atom stereocenters. The van der Waals surface area contributed by atoms with Crippen molar-refractivity contribution >= 4 is 22.6 Å². The van der Waals surface area contributed by atoms with Crippen LogP contribution in [-0.2, 0) is 6.54 Å². The van der Waals surface area contributed by atoms with Gasteiger partial charge in [0.15, 0.2) is 5.82 Å². The largest absolute Gasteiger partial charge is 0.325 e. The molecule has 5 heteroatoms. The first-order valence-corrected chi connectivity index (χ1v) is 7.53. The van der Waals surface area contributed by atoms with E-state index in [4.69, 9.17) is 11.6 Å². The molecule has 2 aromatic rings. The Morgan fingerprint density at radius 3 is 2.65 bits per heavy atom. The van der Waals surface area contributed by atoms with Gasteiger partial charge >= 0.3 is 0 Å². The SMILES string of the molecule is CCN(CC)CCn1c(C(C)Cl)nc2c(F)cccc21. The van der Waals surface area contributed by atoms with Gasteiger partial charge in [-0.15, -0.1) is 11.6 Å². The summed E-state index contributed by atoms with van der Waals surface area (Å²) in [6.07, 6.45) is 0. The predicted molar refractivity (Wildman–Crippen MR) is 81.7 cm³/mol. The minimum absolute atomic E-state index is 0.237. The number of hydrogen-bond acceptors (Lipinski definition) is 2. The Bertz CT molecular complexity index is 576. The fourth-order valence-electron chi connectivity index (χ4n) is 2.45. The molecule has 110 valence electrons. The predicted octanol–water partition coefficient (Wildman–Crippen LogP) is 3.82. The Morgan fingerprint density at radius 1 is 1.35 bits per heavy atom. The zero-order valence-electron chi connectivity index (χ0n) is 12.2. The Hall–Kier alpha value is -1.13. The summed E-state index contributed by atoms with van der Waals surface area (Å²) in [6, 6.07) is 5.05. The maximum absolute atomic E-state index is 13.8. The Labute approximate surface area is 124 Å². The highest BCUT2D eigenvalue weighted by Gasteiger charge is 2.17. The number of hydrogen-bond donors (Lipinski definition) is 0. The van der Waals surface area contributed by atoms with Crippen LogP contribution in [0.4, 0.5) is 4.39 Å². The molecule has 0 saturated heterocycles. The molecule has 0 radical (unpaired) electrons. The number of fused-ring (bicyclic) bond motifs is 1. The van der Waals surface area contributed by atoms with Crippen molar-refractivity contribution in [3.05, 3.63) is 29.8 Å². The van der Waals surface area contributed by atoms with Crippen LogP contribution in [0.3, 0.4) is 0 Å². The topological polar surface area (TPSA) is 21.1 Å². The van der Waals surface area contributed by atoms with Gasteiger partial charge < -0.3 is 9.47 Å². The number of aromatic nitrogens is 2. The second kappa shape index (κ2) is 6.55. The minimum Gasteiger partial charge on any atom is -0.325 e. The molecule has 0 saturated carbocycles. The quantitative estimate of drug-likeness (QED) is 0.756. The van der Waals surface area contributed by atoms with Gasteiger partial charge in [-0.1, -0.05) is 19.9 Å². The molecule has 0 fully saturated rings. The summed E-state index contributed by atoms with van der Waals surface area (Å²) in [5, 5.41) is -0.237. The molecule has 0 spiro atoms. The highest BCUT2D eigenvalue weighted by Crippen LogP contribution is 2.26.